The van der Waals surface area contributed by atoms with E-state index in [1.165, 1.54) is 5.56 Å². The van der Waals surface area contributed by atoms with Gasteiger partial charge >= 0.3 is 0 Å². The molecule has 1 aliphatic rings. The molecule has 1 aliphatic heterocycles. The lowest BCUT2D eigenvalue weighted by Crippen LogP contribution is -2.36. The quantitative estimate of drug-likeness (QED) is 0.839. The molecule has 98 valence electrons. The Morgan fingerprint density at radius 2 is 2.22 bits per heavy atom. The van der Waals surface area contributed by atoms with Crippen LogP contribution in [0.15, 0.2) is 24.3 Å². The lowest BCUT2D eigenvalue weighted by atomic mass is 10.2. The number of nitrogens with two attached hydrogens (primary N) is 1. The molecule has 1 aromatic rings. The normalized spacial score (nSPS) is 22.9. The van der Waals surface area contributed by atoms with Crippen molar-refractivity contribution in [3.05, 3.63) is 29.8 Å². The molecule has 2 atom stereocenters. The van der Waals surface area contributed by atoms with Crippen LogP contribution in [0.3, 0.4) is 0 Å². The van der Waals surface area contributed by atoms with Crippen LogP contribution in [-0.2, 0) is 10.5 Å². The first-order chi connectivity index (χ1) is 8.69. The molecule has 18 heavy (non-hydrogen) atoms. The van der Waals surface area contributed by atoms with E-state index in [2.05, 4.69) is 17.4 Å². The van der Waals surface area contributed by atoms with Crippen LogP contribution in [0.2, 0.25) is 0 Å². The number of amides is 1. The smallest absolute Gasteiger partial charge is 0.234 e. The van der Waals surface area contributed by atoms with E-state index in [4.69, 9.17) is 10.5 Å². The molecule has 1 amide bonds. The van der Waals surface area contributed by atoms with E-state index in [0.29, 0.717) is 5.25 Å². The van der Waals surface area contributed by atoms with Crippen LogP contribution in [0.25, 0.3) is 0 Å². The number of carbonyl (C=O) groups is 1. The highest BCUT2D eigenvalue weighted by Crippen LogP contribution is 2.25. The third kappa shape index (κ3) is 3.40. The first-order valence-electron chi connectivity index (χ1n) is 5.96. The van der Waals surface area contributed by atoms with Gasteiger partial charge in [-0.25, -0.2) is 0 Å². The molecule has 1 saturated heterocycles. The molecule has 0 spiro atoms. The highest BCUT2D eigenvalue weighted by molar-refractivity contribution is 7.99. The molecule has 5 heteroatoms. The molecule has 0 aliphatic carbocycles. The summed E-state index contributed by atoms with van der Waals surface area (Å²) in [5, 5.41) is 3.61. The van der Waals surface area contributed by atoms with Gasteiger partial charge in [-0.2, -0.15) is 11.8 Å². The maximum Gasteiger partial charge on any atom is 0.234 e. The van der Waals surface area contributed by atoms with Crippen LogP contribution in [0.1, 0.15) is 12.0 Å². The van der Waals surface area contributed by atoms with Gasteiger partial charge in [0.1, 0.15) is 5.75 Å². The minimum absolute atomic E-state index is 0.154. The molecule has 1 heterocycles. The van der Waals surface area contributed by atoms with Crippen molar-refractivity contribution >= 4 is 17.7 Å². The summed E-state index contributed by atoms with van der Waals surface area (Å²) in [6.45, 7) is 0.856. The second-order valence-corrected chi connectivity index (χ2v) is 5.67. The summed E-state index contributed by atoms with van der Waals surface area (Å²) < 4.78 is 5.12. The van der Waals surface area contributed by atoms with Crippen molar-refractivity contribution in [1.29, 1.82) is 0 Å². The molecule has 0 bridgehead atoms. The average Bonchev–Trinajstić information content (AvgIpc) is 2.86. The molecule has 2 rings (SSSR count). The highest BCUT2D eigenvalue weighted by atomic mass is 32.2. The minimum Gasteiger partial charge on any atom is -0.497 e. The van der Waals surface area contributed by atoms with Gasteiger partial charge in [-0.15, -0.1) is 0 Å². The van der Waals surface area contributed by atoms with Gasteiger partial charge < -0.3 is 15.8 Å². The summed E-state index contributed by atoms with van der Waals surface area (Å²) in [6.07, 6.45) is 0.830. The number of primary amides is 1. The number of carbonyl (C=O) groups excluding carboxylic acids is 1. The van der Waals surface area contributed by atoms with Crippen molar-refractivity contribution < 1.29 is 9.53 Å². The van der Waals surface area contributed by atoms with Crippen LogP contribution >= 0.6 is 11.8 Å². The average molecular weight is 266 g/mol. The molecule has 4 nitrogen and oxygen atoms in total. The predicted octanol–water partition coefficient (Wildman–Crippen LogP) is 1.14. The van der Waals surface area contributed by atoms with E-state index in [1.807, 2.05) is 23.9 Å². The predicted molar refractivity (Wildman–Crippen MR) is 73.7 cm³/mol. The lowest BCUT2D eigenvalue weighted by molar-refractivity contribution is -0.119. The summed E-state index contributed by atoms with van der Waals surface area (Å²) in [5.74, 6) is 1.57. The molecule has 2 unspecified atom stereocenters. The summed E-state index contributed by atoms with van der Waals surface area (Å²) in [5.41, 5.74) is 6.54. The van der Waals surface area contributed by atoms with E-state index in [-0.39, 0.29) is 11.9 Å². The number of thioether (sulfide) groups is 1. The summed E-state index contributed by atoms with van der Waals surface area (Å²) >= 11 is 1.86. The van der Waals surface area contributed by atoms with Gasteiger partial charge in [0, 0.05) is 17.5 Å². The van der Waals surface area contributed by atoms with Gasteiger partial charge in [0.15, 0.2) is 0 Å². The second kappa shape index (κ2) is 6.11. The van der Waals surface area contributed by atoms with Gasteiger partial charge in [0.05, 0.1) is 13.2 Å². The van der Waals surface area contributed by atoms with Crippen LogP contribution in [0.5, 0.6) is 5.75 Å². The van der Waals surface area contributed by atoms with Crippen molar-refractivity contribution in [2.24, 2.45) is 5.73 Å². The van der Waals surface area contributed by atoms with Crippen molar-refractivity contribution in [3.63, 3.8) is 0 Å². The van der Waals surface area contributed by atoms with E-state index in [0.717, 1.165) is 24.5 Å². The van der Waals surface area contributed by atoms with E-state index in [1.54, 1.807) is 7.11 Å². The van der Waals surface area contributed by atoms with E-state index < -0.39 is 0 Å². The van der Waals surface area contributed by atoms with Crippen molar-refractivity contribution in [2.75, 3.05) is 13.7 Å². The van der Waals surface area contributed by atoms with E-state index >= 15 is 0 Å². The number of hydrogen-bond donors (Lipinski definition) is 2. The number of hydrogen-bond acceptors (Lipinski definition) is 4. The third-order valence-corrected chi connectivity index (χ3v) is 4.41. The topological polar surface area (TPSA) is 64.3 Å². The zero-order valence-electron chi connectivity index (χ0n) is 10.4. The molecule has 0 radical (unpaired) electrons. The number of nitrogens with one attached hydrogen (secondary N) is 1. The monoisotopic (exact) mass is 266 g/mol. The Labute approximate surface area is 111 Å². The number of rotatable bonds is 5. The SMILES string of the molecule is COc1ccc(CSC2CNC(C(N)=O)C2)cc1. The maximum absolute atomic E-state index is 11.0. The van der Waals surface area contributed by atoms with Gasteiger partial charge in [-0.05, 0) is 24.1 Å². The largest absolute Gasteiger partial charge is 0.497 e. The Balaban J connectivity index is 1.79. The van der Waals surface area contributed by atoms with Gasteiger partial charge in [-0.3, -0.25) is 4.79 Å². The van der Waals surface area contributed by atoms with Gasteiger partial charge in [0.2, 0.25) is 5.91 Å². The Bertz CT molecular complexity index is 408. The first kappa shape index (κ1) is 13.2. The Kier molecular flexibility index (Phi) is 4.49. The second-order valence-electron chi connectivity index (χ2n) is 4.38. The van der Waals surface area contributed by atoms with E-state index in [9.17, 15) is 4.79 Å². The van der Waals surface area contributed by atoms with Crippen LogP contribution < -0.4 is 15.8 Å². The Morgan fingerprint density at radius 1 is 1.50 bits per heavy atom. The van der Waals surface area contributed by atoms with Crippen molar-refractivity contribution in [2.45, 2.75) is 23.5 Å². The first-order valence-corrected chi connectivity index (χ1v) is 7.01. The number of methoxy groups -OCH3 is 1. The third-order valence-electron chi connectivity index (χ3n) is 3.08. The van der Waals surface area contributed by atoms with Gasteiger partial charge in [0.25, 0.3) is 0 Å². The standard InChI is InChI=1S/C13H18N2O2S/c1-17-10-4-2-9(3-5-10)8-18-11-6-12(13(14)16)15-7-11/h2-5,11-12,15H,6-8H2,1H3,(H2,14,16). The molecule has 1 fully saturated rings. The lowest BCUT2D eigenvalue weighted by Gasteiger charge is -2.08. The van der Waals surface area contributed by atoms with Gasteiger partial charge in [-0.1, -0.05) is 12.1 Å². The zero-order valence-corrected chi connectivity index (χ0v) is 11.2. The molecular formula is C13H18N2O2S. The number of benzene rings is 1. The fraction of sp³-hybridized carbons (Fsp3) is 0.462. The summed E-state index contributed by atoms with van der Waals surface area (Å²) in [4.78, 5) is 11.0. The maximum atomic E-state index is 11.0. The Hall–Kier alpha value is -1.20. The fourth-order valence-corrected chi connectivity index (χ4v) is 3.15. The van der Waals surface area contributed by atoms with Crippen molar-refractivity contribution in [3.8, 4) is 5.75 Å². The molecule has 3 N–H and O–H groups in total. The summed E-state index contributed by atoms with van der Waals surface area (Å²) in [7, 11) is 1.66. The minimum atomic E-state index is -0.248. The molecular weight excluding hydrogens is 248 g/mol. The van der Waals surface area contributed by atoms with Crippen LogP contribution in [-0.4, -0.2) is 30.9 Å². The highest BCUT2D eigenvalue weighted by Gasteiger charge is 2.27. The molecule has 1 aromatic carbocycles. The zero-order chi connectivity index (χ0) is 13.0. The van der Waals surface area contributed by atoms with Crippen LogP contribution in [0, 0.1) is 0 Å². The van der Waals surface area contributed by atoms with Crippen molar-refractivity contribution in [1.82, 2.24) is 5.32 Å². The Morgan fingerprint density at radius 3 is 2.78 bits per heavy atom. The van der Waals surface area contributed by atoms with Crippen LogP contribution in [0.4, 0.5) is 0 Å². The molecule has 0 saturated carbocycles. The fourth-order valence-electron chi connectivity index (χ4n) is 1.98. The number of ether oxygens (including phenoxy) is 1. The summed E-state index contributed by atoms with van der Waals surface area (Å²) in [6, 6.07) is 7.92. The molecule has 0 aromatic heterocycles.